The fraction of sp³-hybridized carbons (Fsp3) is 0.316. The summed E-state index contributed by atoms with van der Waals surface area (Å²) >= 11 is 3.52. The Morgan fingerprint density at radius 1 is 0.529 bits per heavy atom. The first-order valence-electron chi connectivity index (χ1n) is 34.3. The van der Waals surface area contributed by atoms with E-state index in [-0.39, 0.29) is 72.2 Å². The van der Waals surface area contributed by atoms with Crippen molar-refractivity contribution in [2.45, 2.75) is 131 Å². The van der Waals surface area contributed by atoms with E-state index in [1.54, 1.807) is 54.6 Å². The van der Waals surface area contributed by atoms with Crippen LogP contribution in [0.2, 0.25) is 0 Å². The lowest BCUT2D eigenvalue weighted by atomic mass is 9.80. The van der Waals surface area contributed by atoms with Crippen LogP contribution >= 0.6 is 15.9 Å². The van der Waals surface area contributed by atoms with Crippen LogP contribution in [-0.2, 0) is 61.6 Å². The van der Waals surface area contributed by atoms with Crippen LogP contribution in [0.1, 0.15) is 161 Å². The highest BCUT2D eigenvalue weighted by molar-refractivity contribution is 9.10. The summed E-state index contributed by atoms with van der Waals surface area (Å²) < 4.78 is 15.9. The van der Waals surface area contributed by atoms with E-state index in [0.29, 0.717) is 81.8 Å². The Kier molecular flexibility index (Phi) is 26.1. The summed E-state index contributed by atoms with van der Waals surface area (Å²) in [5.41, 5.74) is 15.1. The van der Waals surface area contributed by atoms with Gasteiger partial charge in [0.15, 0.2) is 11.3 Å². The maximum absolute atomic E-state index is 13.4. The molecule has 2 saturated heterocycles. The quantitative estimate of drug-likeness (QED) is 0.0206. The first kappa shape index (κ1) is 74.3. The number of fused-ring (bicyclic) bond motifs is 2. The van der Waals surface area contributed by atoms with Gasteiger partial charge in [-0.1, -0.05) is 109 Å². The number of nitrogens with zero attached hydrogens (tertiary/aromatic N) is 8. The number of carbonyl (C=O) groups excluding carboxylic acids is 6. The summed E-state index contributed by atoms with van der Waals surface area (Å²) in [5, 5.41) is 47.6. The third-order valence-electron chi connectivity index (χ3n) is 17.8. The topological polar surface area (TPSA) is 321 Å². The van der Waals surface area contributed by atoms with Crippen LogP contribution in [0.25, 0.3) is 33.2 Å². The molecule has 0 bridgehead atoms. The molecule has 0 spiro atoms. The van der Waals surface area contributed by atoms with Gasteiger partial charge in [0.1, 0.15) is 35.3 Å². The molecule has 528 valence electrons. The zero-order valence-corrected chi connectivity index (χ0v) is 59.6. The Hall–Kier alpha value is -10.4. The molecule has 2 aliphatic rings. The average Bonchev–Trinajstić information content (AvgIpc) is 1.58. The molecule has 6 aromatic heterocycles. The summed E-state index contributed by atoms with van der Waals surface area (Å²) in [6.45, 7) is 17.6. The first-order chi connectivity index (χ1) is 49.5. The molecule has 102 heavy (non-hydrogen) atoms. The maximum atomic E-state index is 13.4. The summed E-state index contributed by atoms with van der Waals surface area (Å²) in [4.78, 5) is 92.9. The van der Waals surface area contributed by atoms with E-state index >= 15 is 0 Å². The molecule has 24 nitrogen and oxygen atoms in total. The van der Waals surface area contributed by atoms with Crippen LogP contribution in [0.15, 0.2) is 138 Å². The highest BCUT2D eigenvalue weighted by atomic mass is 79.9. The second kappa shape index (κ2) is 35.8. The van der Waals surface area contributed by atoms with Crippen LogP contribution in [0, 0.1) is 13.8 Å². The number of amides is 4. The highest BCUT2D eigenvalue weighted by Crippen LogP contribution is 2.34. The van der Waals surface area contributed by atoms with Gasteiger partial charge in [0.05, 0.1) is 34.5 Å². The molecule has 10 aromatic rings. The zero-order valence-electron chi connectivity index (χ0n) is 58.0. The molecular weight excluding hydrogens is 1360 g/mol. The molecule has 0 atom stereocenters. The van der Waals surface area contributed by atoms with Crippen molar-refractivity contribution in [2.75, 3.05) is 37.1 Å². The summed E-state index contributed by atoms with van der Waals surface area (Å²) in [5.74, 6) is -1.49. The number of hydrogen-bond acceptors (Lipinski definition) is 18. The molecule has 12 rings (SSSR count). The number of anilines is 2. The minimum absolute atomic E-state index is 0.143. The molecule has 2 aliphatic heterocycles. The summed E-state index contributed by atoms with van der Waals surface area (Å²) in [6.07, 6.45) is 10.1. The average molecular weight is 1440 g/mol. The number of halogens is 1. The van der Waals surface area contributed by atoms with Gasteiger partial charge in [-0.15, -0.1) is 0 Å². The largest absolute Gasteiger partial charge is 0.488 e. The van der Waals surface area contributed by atoms with Crippen LogP contribution in [0.3, 0.4) is 0 Å². The number of ether oxygens (including phenoxy) is 2. The van der Waals surface area contributed by atoms with E-state index in [1.165, 1.54) is 12.1 Å². The standard InChI is InChI=1S/C38H41N7O4.C31H36BrN7O3.C7H7BO3/c1-4-32-30(35(42-28-14-16-49-17-15-28)31-22-41-45(5-2)36(31)44-32)21-40-38(48)34-11-7-10-33(43-34)37(47)39-20-25-13-12-24(3)29(19-25)27-9-6-8-26(18-27)23-46;1-4-25-22(28(36-21-11-13-42-14-12-21)23-18-35-39(5-2)29(23)38-25)17-34-31(41)27-8-6-7-26(37-27)30(40)33-16-20-10-9-19(3)24(32)15-20;9-5-6-2-1-3-7(4-6)8(10)11/h6-13,18-19,22-23,28H,4-5,14-17,20-21H2,1-3H3,(H,39,47)(H,40,48)(H,42,44);6-10,15,18,21H,4-5,11-14,16-17H2,1-3H3,(H,33,40)(H,34,41)(H,36,38);1-5,10-11H. The van der Waals surface area contributed by atoms with Gasteiger partial charge in [0.25, 0.3) is 23.6 Å². The minimum atomic E-state index is -1.50. The van der Waals surface area contributed by atoms with Gasteiger partial charge in [-0.05, 0) is 148 Å². The van der Waals surface area contributed by atoms with E-state index in [4.69, 9.17) is 29.5 Å². The fourth-order valence-corrected chi connectivity index (χ4v) is 12.5. The molecule has 2 fully saturated rings. The highest BCUT2D eigenvalue weighted by Gasteiger charge is 2.26. The molecule has 26 heteroatoms. The molecular formula is C76H84BBrN14O10. The SMILES string of the molecule is CCc1nc2c(cnn2CC)c(NC2CCOCC2)c1CNC(=O)c1cccc(C(=O)NCc2ccc(C)c(-c3cccc(C=O)c3)c2)n1.CCc1nc2c(cnn2CC)c(NC2CCOCC2)c1CNC(=O)c1cccc(C(=O)NCc2ccc(C)c(Br)c2)n1.O=Cc1cccc(B(O)O)c1. The predicted octanol–water partition coefficient (Wildman–Crippen LogP) is 9.76. The maximum Gasteiger partial charge on any atom is 0.488 e. The molecule has 8 heterocycles. The normalized spacial score (nSPS) is 13.0. The van der Waals surface area contributed by atoms with Gasteiger partial charge in [-0.25, -0.2) is 29.3 Å². The zero-order chi connectivity index (χ0) is 72.2. The van der Waals surface area contributed by atoms with E-state index in [0.717, 1.165) is 126 Å². The van der Waals surface area contributed by atoms with Crippen molar-refractivity contribution in [3.63, 3.8) is 0 Å². The number of hydrogen-bond donors (Lipinski definition) is 8. The van der Waals surface area contributed by atoms with Gasteiger partial charge in [-0.3, -0.25) is 28.8 Å². The van der Waals surface area contributed by atoms with Gasteiger partial charge < -0.3 is 51.4 Å². The number of aldehydes is 2. The lowest BCUT2D eigenvalue weighted by Crippen LogP contribution is -2.30. The Balaban J connectivity index is 0.000000192. The van der Waals surface area contributed by atoms with Crippen molar-refractivity contribution in [3.05, 3.63) is 217 Å². The Morgan fingerprint density at radius 2 is 0.951 bits per heavy atom. The summed E-state index contributed by atoms with van der Waals surface area (Å²) in [6, 6.07) is 35.7. The molecule has 0 aliphatic carbocycles. The Labute approximate surface area is 600 Å². The second-order valence-corrected chi connectivity index (χ2v) is 25.5. The summed E-state index contributed by atoms with van der Waals surface area (Å²) in [7, 11) is -1.50. The number of benzene rings is 4. The van der Waals surface area contributed by atoms with Crippen molar-refractivity contribution in [1.29, 1.82) is 0 Å². The van der Waals surface area contributed by atoms with E-state index < -0.39 is 13.0 Å². The van der Waals surface area contributed by atoms with Crippen molar-refractivity contribution >= 4 is 98.2 Å². The molecule has 8 N–H and O–H groups in total. The second-order valence-electron chi connectivity index (χ2n) is 24.7. The number of aromatic nitrogens is 8. The monoisotopic (exact) mass is 1440 g/mol. The van der Waals surface area contributed by atoms with Gasteiger partial charge in [0, 0.05) is 116 Å². The number of carbonyl (C=O) groups is 6. The van der Waals surface area contributed by atoms with Crippen LogP contribution in [0.5, 0.6) is 0 Å². The number of nitrogens with one attached hydrogen (secondary N) is 6. The predicted molar refractivity (Wildman–Crippen MR) is 396 cm³/mol. The number of pyridine rings is 4. The Bertz CT molecular complexity index is 4650. The first-order valence-corrected chi connectivity index (χ1v) is 35.1. The lowest BCUT2D eigenvalue weighted by Gasteiger charge is -2.26. The lowest BCUT2D eigenvalue weighted by molar-refractivity contribution is 0.0903. The van der Waals surface area contributed by atoms with Crippen molar-refractivity contribution < 1.29 is 48.3 Å². The molecule has 0 radical (unpaired) electrons. The third kappa shape index (κ3) is 18.8. The van der Waals surface area contributed by atoms with Gasteiger partial charge in [-0.2, -0.15) is 10.2 Å². The molecule has 4 aromatic carbocycles. The number of rotatable bonds is 24. The van der Waals surface area contributed by atoms with Crippen LogP contribution in [-0.4, -0.2) is 131 Å². The Morgan fingerprint density at radius 3 is 1.38 bits per heavy atom. The molecule has 0 unspecified atom stereocenters. The fourth-order valence-electron chi connectivity index (χ4n) is 12.0. The molecule has 0 saturated carbocycles. The van der Waals surface area contributed by atoms with E-state index in [9.17, 15) is 28.8 Å². The van der Waals surface area contributed by atoms with Crippen LogP contribution in [0.4, 0.5) is 11.4 Å². The van der Waals surface area contributed by atoms with Crippen LogP contribution < -0.4 is 37.4 Å². The van der Waals surface area contributed by atoms with Crippen molar-refractivity contribution in [3.8, 4) is 11.1 Å². The third-order valence-corrected chi connectivity index (χ3v) is 18.6. The number of aryl methyl sites for hydroxylation is 6. The minimum Gasteiger partial charge on any atom is -0.423 e. The van der Waals surface area contributed by atoms with Crippen molar-refractivity contribution in [2.24, 2.45) is 0 Å². The van der Waals surface area contributed by atoms with E-state index in [2.05, 4.69) is 81.8 Å². The van der Waals surface area contributed by atoms with Crippen molar-refractivity contribution in [1.82, 2.24) is 60.8 Å². The van der Waals surface area contributed by atoms with E-state index in [1.807, 2.05) is 104 Å². The van der Waals surface area contributed by atoms with Gasteiger partial charge in [0.2, 0.25) is 0 Å². The van der Waals surface area contributed by atoms with Gasteiger partial charge >= 0.3 is 7.12 Å². The molecule has 4 amide bonds. The smallest absolute Gasteiger partial charge is 0.423 e.